The normalized spacial score (nSPS) is 13.7. The molecule has 1 fully saturated rings. The molecule has 0 bridgehead atoms. The van der Waals surface area contributed by atoms with E-state index < -0.39 is 6.09 Å². The van der Waals surface area contributed by atoms with E-state index in [0.29, 0.717) is 54.8 Å². The third-order valence-electron chi connectivity index (χ3n) is 7.59. The number of carboxylic acid groups (broad SMARTS) is 1. The Morgan fingerprint density at radius 2 is 1.68 bits per heavy atom. The molecule has 0 spiro atoms. The number of rotatable bonds is 9. The molecule has 1 saturated heterocycles. The van der Waals surface area contributed by atoms with E-state index in [2.05, 4.69) is 5.32 Å². The van der Waals surface area contributed by atoms with Gasteiger partial charge in [0.2, 0.25) is 0 Å². The summed E-state index contributed by atoms with van der Waals surface area (Å²) in [7, 11) is 0. The molecule has 2 amide bonds. The van der Waals surface area contributed by atoms with Crippen LogP contribution in [-0.2, 0) is 6.54 Å². The monoisotopic (exact) mass is 554 g/mol. The molecule has 5 rings (SSSR count). The number of fused-ring (bicyclic) bond motifs is 1. The van der Waals surface area contributed by atoms with Crippen LogP contribution in [0.3, 0.4) is 0 Å². The van der Waals surface area contributed by atoms with Crippen LogP contribution in [0.5, 0.6) is 11.5 Å². The molecule has 1 aliphatic rings. The van der Waals surface area contributed by atoms with Gasteiger partial charge in [0.05, 0.1) is 11.2 Å². The molecule has 0 radical (unpaired) electrons. The van der Waals surface area contributed by atoms with Crippen LogP contribution in [-0.4, -0.2) is 52.0 Å². The lowest BCUT2D eigenvalue weighted by Crippen LogP contribution is -2.40. The summed E-state index contributed by atoms with van der Waals surface area (Å²) >= 11 is 0. The van der Waals surface area contributed by atoms with Gasteiger partial charge < -0.3 is 36.1 Å². The minimum absolute atomic E-state index is 0.0621. The van der Waals surface area contributed by atoms with E-state index in [4.69, 9.17) is 26.7 Å². The van der Waals surface area contributed by atoms with Crippen molar-refractivity contribution in [2.45, 2.75) is 25.8 Å². The molecule has 0 unspecified atom stereocenters. The number of likely N-dealkylation sites (tertiary alicyclic amines) is 1. The number of anilines is 1. The van der Waals surface area contributed by atoms with Gasteiger partial charge in [0.1, 0.15) is 23.0 Å². The number of amides is 2. The van der Waals surface area contributed by atoms with E-state index in [9.17, 15) is 9.59 Å². The molecule has 10 heteroatoms. The molecule has 41 heavy (non-hydrogen) atoms. The number of benzene rings is 3. The fraction of sp³-hybridized carbons (Fsp3) is 0.258. The lowest BCUT2D eigenvalue weighted by molar-refractivity contribution is 0.0678. The first-order chi connectivity index (χ1) is 19.8. The van der Waals surface area contributed by atoms with Crippen molar-refractivity contribution in [3.05, 3.63) is 89.6 Å². The zero-order valence-electron chi connectivity index (χ0n) is 22.7. The first-order valence-electron chi connectivity index (χ1n) is 13.6. The maximum absolute atomic E-state index is 13.9. The Bertz CT molecular complexity index is 1560. The number of ether oxygens (including phenoxy) is 1. The highest BCUT2D eigenvalue weighted by atomic mass is 16.5. The number of nitrogen functional groups attached to an aromatic ring is 2. The van der Waals surface area contributed by atoms with Crippen LogP contribution < -0.4 is 21.5 Å². The Hall–Kier alpha value is -4.99. The summed E-state index contributed by atoms with van der Waals surface area (Å²) in [6, 6.07) is 22.6. The van der Waals surface area contributed by atoms with Crippen molar-refractivity contribution < 1.29 is 19.4 Å². The zero-order chi connectivity index (χ0) is 28.9. The molecule has 0 atom stereocenters. The highest BCUT2D eigenvalue weighted by molar-refractivity contribution is 6.09. The van der Waals surface area contributed by atoms with Crippen molar-refractivity contribution in [1.82, 2.24) is 14.8 Å². The standard InChI is InChI=1S/C31H34N6O4/c32-27-25-11-8-22(29(33)34)18-26(25)37(19-21-6-9-24(10-7-21)41-23-4-2-1-3-5-23)28(27)30(38)36-16-13-20(14-17-36)12-15-35-31(39)40/h1-11,18,20,35H,12-17,19,32H2,(H3,33,34)(H,39,40). The average molecular weight is 555 g/mol. The third kappa shape index (κ3) is 6.27. The van der Waals surface area contributed by atoms with Crippen LogP contribution in [0, 0.1) is 11.3 Å². The zero-order valence-corrected chi connectivity index (χ0v) is 22.7. The van der Waals surface area contributed by atoms with E-state index in [1.807, 2.05) is 70.1 Å². The van der Waals surface area contributed by atoms with Gasteiger partial charge in [-0.25, -0.2) is 4.79 Å². The number of piperidine rings is 1. The van der Waals surface area contributed by atoms with E-state index >= 15 is 0 Å². The van der Waals surface area contributed by atoms with Gasteiger partial charge in [-0.3, -0.25) is 10.2 Å². The Kier molecular flexibility index (Phi) is 8.09. The van der Waals surface area contributed by atoms with Crippen molar-refractivity contribution in [3.8, 4) is 11.5 Å². The summed E-state index contributed by atoms with van der Waals surface area (Å²) < 4.78 is 7.84. The van der Waals surface area contributed by atoms with Crippen LogP contribution in [0.15, 0.2) is 72.8 Å². The molecule has 7 N–H and O–H groups in total. The van der Waals surface area contributed by atoms with Gasteiger partial charge in [0, 0.05) is 37.1 Å². The first kappa shape index (κ1) is 27.6. The maximum atomic E-state index is 13.9. The van der Waals surface area contributed by atoms with E-state index in [0.717, 1.165) is 41.5 Å². The SMILES string of the molecule is N=C(N)c1ccc2c(N)c(C(=O)N3CCC(CCNC(=O)O)CC3)n(Cc3ccc(Oc4ccccc4)cc3)c2c1. The minimum Gasteiger partial charge on any atom is -0.465 e. The number of hydrogen-bond donors (Lipinski definition) is 5. The van der Waals surface area contributed by atoms with Gasteiger partial charge >= 0.3 is 6.09 Å². The highest BCUT2D eigenvalue weighted by Gasteiger charge is 2.29. The Labute approximate surface area is 238 Å². The topological polar surface area (TPSA) is 160 Å². The number of para-hydroxylation sites is 1. The molecule has 1 aromatic heterocycles. The molecule has 2 heterocycles. The smallest absolute Gasteiger partial charge is 0.404 e. The number of carbonyl (C=O) groups excluding carboxylic acids is 1. The molecular formula is C31H34N6O4. The van der Waals surface area contributed by atoms with Gasteiger partial charge in [-0.1, -0.05) is 36.4 Å². The van der Waals surface area contributed by atoms with Crippen molar-refractivity contribution >= 4 is 34.4 Å². The Morgan fingerprint density at radius 1 is 1.00 bits per heavy atom. The van der Waals surface area contributed by atoms with Crippen LogP contribution in [0.1, 0.15) is 40.9 Å². The first-order valence-corrected chi connectivity index (χ1v) is 13.6. The maximum Gasteiger partial charge on any atom is 0.404 e. The number of amidine groups is 1. The van der Waals surface area contributed by atoms with E-state index in [1.165, 1.54) is 0 Å². The summed E-state index contributed by atoms with van der Waals surface area (Å²) in [4.78, 5) is 26.5. The fourth-order valence-corrected chi connectivity index (χ4v) is 5.37. The number of carbonyl (C=O) groups is 2. The van der Waals surface area contributed by atoms with Gasteiger partial charge in [-0.2, -0.15) is 0 Å². The summed E-state index contributed by atoms with van der Waals surface area (Å²) in [5, 5.41) is 19.9. The predicted octanol–water partition coefficient (Wildman–Crippen LogP) is 4.86. The van der Waals surface area contributed by atoms with Gasteiger partial charge in [0.25, 0.3) is 5.91 Å². The van der Waals surface area contributed by atoms with Crippen LogP contribution in [0.4, 0.5) is 10.5 Å². The number of aromatic nitrogens is 1. The minimum atomic E-state index is -1.02. The number of nitrogens with zero attached hydrogens (tertiary/aromatic N) is 2. The molecule has 3 aromatic carbocycles. The van der Waals surface area contributed by atoms with Crippen LogP contribution >= 0.6 is 0 Å². The van der Waals surface area contributed by atoms with Crippen LogP contribution in [0.25, 0.3) is 10.9 Å². The largest absolute Gasteiger partial charge is 0.465 e. The van der Waals surface area contributed by atoms with Gasteiger partial charge in [-0.05, 0) is 67.1 Å². The summed E-state index contributed by atoms with van der Waals surface area (Å²) in [5.74, 6) is 1.59. The van der Waals surface area contributed by atoms with Crippen molar-refractivity contribution in [2.24, 2.45) is 11.7 Å². The number of nitrogens with one attached hydrogen (secondary N) is 2. The van der Waals surface area contributed by atoms with Crippen molar-refractivity contribution in [1.29, 1.82) is 5.41 Å². The quantitative estimate of drug-likeness (QED) is 0.147. The molecule has 212 valence electrons. The molecular weight excluding hydrogens is 520 g/mol. The molecule has 0 aliphatic carbocycles. The van der Waals surface area contributed by atoms with Gasteiger partial charge in [0.15, 0.2) is 0 Å². The second-order valence-electron chi connectivity index (χ2n) is 10.3. The molecule has 4 aromatic rings. The second kappa shape index (κ2) is 12.0. The van der Waals surface area contributed by atoms with Crippen molar-refractivity contribution in [3.63, 3.8) is 0 Å². The Morgan fingerprint density at radius 3 is 2.34 bits per heavy atom. The molecule has 0 saturated carbocycles. The van der Waals surface area contributed by atoms with E-state index in [-0.39, 0.29) is 11.7 Å². The average Bonchev–Trinajstić information content (AvgIpc) is 3.24. The lowest BCUT2D eigenvalue weighted by Gasteiger charge is -2.32. The molecule has 1 aliphatic heterocycles. The lowest BCUT2D eigenvalue weighted by atomic mass is 9.93. The van der Waals surface area contributed by atoms with Crippen molar-refractivity contribution in [2.75, 3.05) is 25.4 Å². The Balaban J connectivity index is 1.40. The highest BCUT2D eigenvalue weighted by Crippen LogP contribution is 2.33. The molecule has 10 nitrogen and oxygen atoms in total. The van der Waals surface area contributed by atoms with Crippen LogP contribution in [0.2, 0.25) is 0 Å². The second-order valence-corrected chi connectivity index (χ2v) is 10.3. The summed E-state index contributed by atoms with van der Waals surface area (Å²) in [6.07, 6.45) is 1.32. The van der Waals surface area contributed by atoms with E-state index in [1.54, 1.807) is 12.1 Å². The predicted molar refractivity (Wildman–Crippen MR) is 159 cm³/mol. The summed E-state index contributed by atoms with van der Waals surface area (Å²) in [5.41, 5.74) is 15.5. The number of hydrogen-bond acceptors (Lipinski definition) is 5. The van der Waals surface area contributed by atoms with Gasteiger partial charge in [-0.15, -0.1) is 0 Å². The fourth-order valence-electron chi connectivity index (χ4n) is 5.37. The number of nitrogens with two attached hydrogens (primary N) is 2. The summed E-state index contributed by atoms with van der Waals surface area (Å²) in [6.45, 7) is 1.94. The third-order valence-corrected chi connectivity index (χ3v) is 7.59.